The summed E-state index contributed by atoms with van der Waals surface area (Å²) in [6.07, 6.45) is -9.76. The van der Waals surface area contributed by atoms with Crippen LogP contribution in [0.4, 0.5) is 32.0 Å². The maximum absolute atomic E-state index is 13.3. The first kappa shape index (κ1) is 28.3. The Morgan fingerprint density at radius 3 is 1.94 bits per heavy atom. The molecule has 2 N–H and O–H groups in total. The van der Waals surface area contributed by atoms with Crippen molar-refractivity contribution in [1.82, 2.24) is 5.32 Å². The second-order valence-corrected chi connectivity index (χ2v) is 10.1. The van der Waals surface area contributed by atoms with E-state index in [1.807, 2.05) is 13.8 Å². The molecule has 0 atom stereocenters. The highest BCUT2D eigenvalue weighted by molar-refractivity contribution is 7.95. The molecular formula is C22H20ClF6N3O2S. The van der Waals surface area contributed by atoms with Gasteiger partial charge in [0, 0.05) is 17.3 Å². The van der Waals surface area contributed by atoms with E-state index in [0.29, 0.717) is 18.6 Å². The molecule has 0 fully saturated rings. The minimum Gasteiger partial charge on any atom is -0.370 e. The number of allylic oxidation sites excluding steroid dienone is 1. The summed E-state index contributed by atoms with van der Waals surface area (Å²) in [5, 5.41) is 14.8. The van der Waals surface area contributed by atoms with Crippen molar-refractivity contribution in [3.8, 4) is 6.07 Å². The smallest absolute Gasteiger partial charge is 0.370 e. The topological polar surface area (TPSA) is 82.0 Å². The van der Waals surface area contributed by atoms with Crippen LogP contribution >= 0.6 is 11.6 Å². The molecule has 0 amide bonds. The van der Waals surface area contributed by atoms with Gasteiger partial charge in [0.25, 0.3) is 0 Å². The van der Waals surface area contributed by atoms with Crippen molar-refractivity contribution in [1.29, 1.82) is 5.26 Å². The van der Waals surface area contributed by atoms with Gasteiger partial charge in [0.05, 0.1) is 16.0 Å². The normalized spacial score (nSPS) is 13.3. The van der Waals surface area contributed by atoms with E-state index in [9.17, 15) is 40.0 Å². The highest BCUT2D eigenvalue weighted by Crippen LogP contribution is 2.38. The van der Waals surface area contributed by atoms with Gasteiger partial charge in [0.1, 0.15) is 11.9 Å². The Kier molecular flexibility index (Phi) is 8.73. The van der Waals surface area contributed by atoms with E-state index in [0.717, 1.165) is 12.1 Å². The molecule has 190 valence electrons. The second kappa shape index (κ2) is 10.8. The molecule has 0 spiro atoms. The maximum Gasteiger partial charge on any atom is 0.416 e. The van der Waals surface area contributed by atoms with Gasteiger partial charge in [-0.2, -0.15) is 31.6 Å². The number of anilines is 1. The van der Waals surface area contributed by atoms with Gasteiger partial charge in [0.15, 0.2) is 4.91 Å². The lowest BCUT2D eigenvalue weighted by atomic mass is 10.1. The summed E-state index contributed by atoms with van der Waals surface area (Å²) in [4.78, 5) is -1.27. The lowest BCUT2D eigenvalue weighted by molar-refractivity contribution is -0.143. The van der Waals surface area contributed by atoms with Gasteiger partial charge in [-0.1, -0.05) is 25.4 Å². The SMILES string of the molecule is CC(C)CCNC(Nc1cc(C(F)(F)F)cc(C(F)(F)F)c1)=C(C#N)S(=O)(=O)c1ccc(Cl)cc1. The predicted octanol–water partition coefficient (Wildman–Crippen LogP) is 6.59. The molecule has 0 aliphatic rings. The van der Waals surface area contributed by atoms with Crippen LogP contribution in [0.5, 0.6) is 0 Å². The van der Waals surface area contributed by atoms with Crippen molar-refractivity contribution in [3.05, 3.63) is 69.3 Å². The van der Waals surface area contributed by atoms with Gasteiger partial charge < -0.3 is 10.6 Å². The number of halogens is 7. The fraction of sp³-hybridized carbons (Fsp3) is 0.318. The van der Waals surface area contributed by atoms with E-state index < -0.39 is 49.7 Å². The van der Waals surface area contributed by atoms with Crippen LogP contribution in [0.15, 0.2) is 58.1 Å². The molecule has 2 aromatic rings. The fourth-order valence-corrected chi connectivity index (χ4v) is 4.19. The highest BCUT2D eigenvalue weighted by Gasteiger charge is 2.37. The number of sulfone groups is 1. The Bertz CT molecular complexity index is 1200. The van der Waals surface area contributed by atoms with Crippen molar-refractivity contribution in [3.63, 3.8) is 0 Å². The lowest BCUT2D eigenvalue weighted by Gasteiger charge is -2.19. The van der Waals surface area contributed by atoms with Gasteiger partial charge >= 0.3 is 12.4 Å². The van der Waals surface area contributed by atoms with E-state index in [2.05, 4.69) is 10.6 Å². The summed E-state index contributed by atoms with van der Waals surface area (Å²) in [6, 6.07) is 6.96. The first-order chi connectivity index (χ1) is 16.1. The third-order valence-electron chi connectivity index (χ3n) is 4.60. The molecule has 35 heavy (non-hydrogen) atoms. The van der Waals surface area contributed by atoms with Crippen LogP contribution in [0.2, 0.25) is 5.02 Å². The molecule has 0 saturated heterocycles. The molecule has 0 saturated carbocycles. The molecule has 2 rings (SSSR count). The van der Waals surface area contributed by atoms with E-state index in [1.165, 1.54) is 18.2 Å². The van der Waals surface area contributed by atoms with Crippen LogP contribution in [-0.2, 0) is 22.2 Å². The van der Waals surface area contributed by atoms with Crippen LogP contribution in [-0.4, -0.2) is 15.0 Å². The molecule has 0 heterocycles. The number of nitriles is 1. The number of rotatable bonds is 8. The van der Waals surface area contributed by atoms with Crippen LogP contribution < -0.4 is 10.6 Å². The van der Waals surface area contributed by atoms with E-state index in [-0.39, 0.29) is 28.4 Å². The summed E-state index contributed by atoms with van der Waals surface area (Å²) < 4.78 is 106. The van der Waals surface area contributed by atoms with Crippen LogP contribution in [0, 0.1) is 17.2 Å². The third-order valence-corrected chi connectivity index (χ3v) is 6.58. The van der Waals surface area contributed by atoms with Crippen LogP contribution in [0.1, 0.15) is 31.4 Å². The molecule has 13 heteroatoms. The van der Waals surface area contributed by atoms with Gasteiger partial charge in [-0.05, 0) is 54.8 Å². The van der Waals surface area contributed by atoms with Gasteiger partial charge in [0.2, 0.25) is 9.84 Å². The Labute approximate surface area is 203 Å². The second-order valence-electron chi connectivity index (χ2n) is 7.80. The molecule has 0 radical (unpaired) electrons. The zero-order valence-corrected chi connectivity index (χ0v) is 19.9. The summed E-state index contributed by atoms with van der Waals surface area (Å²) in [7, 11) is -4.52. The average Bonchev–Trinajstić information content (AvgIpc) is 2.72. The molecule has 0 aliphatic heterocycles. The summed E-state index contributed by atoms with van der Waals surface area (Å²) >= 11 is 5.77. The van der Waals surface area contributed by atoms with Gasteiger partial charge in [-0.25, -0.2) is 8.42 Å². The van der Waals surface area contributed by atoms with Crippen LogP contribution in [0.25, 0.3) is 0 Å². The van der Waals surface area contributed by atoms with Gasteiger partial charge in [-0.15, -0.1) is 0 Å². The van der Waals surface area contributed by atoms with Crippen molar-refractivity contribution in [2.24, 2.45) is 5.92 Å². The number of alkyl halides is 6. The number of hydrogen-bond donors (Lipinski definition) is 2. The zero-order chi connectivity index (χ0) is 26.6. The quantitative estimate of drug-likeness (QED) is 0.292. The van der Waals surface area contributed by atoms with Crippen LogP contribution in [0.3, 0.4) is 0 Å². The van der Waals surface area contributed by atoms with Gasteiger partial charge in [-0.3, -0.25) is 0 Å². The average molecular weight is 540 g/mol. The van der Waals surface area contributed by atoms with Crippen molar-refractivity contribution in [2.75, 3.05) is 11.9 Å². The Morgan fingerprint density at radius 1 is 1.00 bits per heavy atom. The molecule has 0 aromatic heterocycles. The Morgan fingerprint density at radius 2 is 1.51 bits per heavy atom. The number of nitrogens with zero attached hydrogens (tertiary/aromatic N) is 1. The van der Waals surface area contributed by atoms with E-state index in [1.54, 1.807) is 0 Å². The first-order valence-electron chi connectivity index (χ1n) is 10.0. The fourth-order valence-electron chi connectivity index (χ4n) is 2.82. The minimum absolute atomic E-state index is 0.0591. The molecule has 0 unspecified atom stereocenters. The predicted molar refractivity (Wildman–Crippen MR) is 119 cm³/mol. The molecular weight excluding hydrogens is 520 g/mol. The van der Waals surface area contributed by atoms with Crippen molar-refractivity contribution >= 4 is 27.1 Å². The molecule has 2 aromatic carbocycles. The lowest BCUT2D eigenvalue weighted by Crippen LogP contribution is -2.26. The monoisotopic (exact) mass is 539 g/mol. The summed E-state index contributed by atoms with van der Waals surface area (Å²) in [5.74, 6) is -0.442. The first-order valence-corrected chi connectivity index (χ1v) is 11.9. The maximum atomic E-state index is 13.3. The minimum atomic E-state index is -5.11. The van der Waals surface area contributed by atoms with Crippen molar-refractivity contribution < 1.29 is 34.8 Å². The standard InChI is InChI=1S/C22H20ClF6N3O2S/c1-13(2)7-8-31-20(19(12-30)35(33,34)18-5-3-16(23)4-6-18)32-17-10-14(21(24,25)26)9-15(11-17)22(27,28)29/h3-6,9-11,13,31-32H,7-8H2,1-2H3. The zero-order valence-electron chi connectivity index (χ0n) is 18.4. The van der Waals surface area contributed by atoms with Crippen molar-refractivity contribution in [2.45, 2.75) is 37.5 Å². The number of hydrogen-bond acceptors (Lipinski definition) is 5. The summed E-state index contributed by atoms with van der Waals surface area (Å²) in [6.45, 7) is 3.76. The van der Waals surface area contributed by atoms with E-state index >= 15 is 0 Å². The molecule has 0 bridgehead atoms. The number of benzene rings is 2. The Hall–Kier alpha value is -2.91. The molecule has 5 nitrogen and oxygen atoms in total. The summed E-state index contributed by atoms with van der Waals surface area (Å²) in [5.41, 5.74) is -3.91. The number of nitrogens with one attached hydrogen (secondary N) is 2. The largest absolute Gasteiger partial charge is 0.416 e. The van der Waals surface area contributed by atoms with E-state index in [4.69, 9.17) is 11.6 Å². The highest BCUT2D eigenvalue weighted by atomic mass is 35.5. The Balaban J connectivity index is 2.68. The molecule has 0 aliphatic carbocycles. The third kappa shape index (κ3) is 7.53.